The first kappa shape index (κ1) is 19.0. The standard InChI is InChI=1S/C18H19N3O5S/c1-13-7-8-16(11-17(13)21(23)24)27(25,26)19-12-14-4-2-5-15(10-14)20-9-3-6-18(20)22/h2,4-5,7-8,10-11,19H,3,6,9,12H2,1H3. The molecule has 0 spiro atoms. The van der Waals surface area contributed by atoms with Gasteiger partial charge in [0.05, 0.1) is 9.82 Å². The smallest absolute Gasteiger partial charge is 0.273 e. The van der Waals surface area contributed by atoms with E-state index in [4.69, 9.17) is 0 Å². The molecule has 0 atom stereocenters. The predicted molar refractivity (Wildman–Crippen MR) is 99.9 cm³/mol. The van der Waals surface area contributed by atoms with Gasteiger partial charge in [0, 0.05) is 36.8 Å². The van der Waals surface area contributed by atoms with E-state index in [1.807, 2.05) is 6.07 Å². The van der Waals surface area contributed by atoms with Crippen LogP contribution < -0.4 is 9.62 Å². The van der Waals surface area contributed by atoms with Crippen LogP contribution in [0.3, 0.4) is 0 Å². The maximum Gasteiger partial charge on any atom is 0.273 e. The normalized spacial score (nSPS) is 14.6. The van der Waals surface area contributed by atoms with Crippen LogP contribution in [0.2, 0.25) is 0 Å². The summed E-state index contributed by atoms with van der Waals surface area (Å²) in [6.07, 6.45) is 1.32. The van der Waals surface area contributed by atoms with Crippen LogP contribution in [-0.4, -0.2) is 25.8 Å². The fourth-order valence-corrected chi connectivity index (χ4v) is 4.01. The van der Waals surface area contributed by atoms with Gasteiger partial charge in [-0.2, -0.15) is 0 Å². The summed E-state index contributed by atoms with van der Waals surface area (Å²) in [6.45, 7) is 2.22. The van der Waals surface area contributed by atoms with Crippen molar-refractivity contribution in [2.24, 2.45) is 0 Å². The number of nitrogens with one attached hydrogen (secondary N) is 1. The molecule has 1 heterocycles. The summed E-state index contributed by atoms with van der Waals surface area (Å²) in [6, 6.07) is 10.9. The van der Waals surface area contributed by atoms with Gasteiger partial charge < -0.3 is 4.90 Å². The highest BCUT2D eigenvalue weighted by Gasteiger charge is 2.22. The maximum absolute atomic E-state index is 12.5. The van der Waals surface area contributed by atoms with Gasteiger partial charge in [-0.1, -0.05) is 18.2 Å². The molecule has 0 radical (unpaired) electrons. The van der Waals surface area contributed by atoms with Crippen LogP contribution in [0.25, 0.3) is 0 Å². The highest BCUT2D eigenvalue weighted by molar-refractivity contribution is 7.89. The average Bonchev–Trinajstić information content (AvgIpc) is 3.06. The Balaban J connectivity index is 1.77. The van der Waals surface area contributed by atoms with Crippen molar-refractivity contribution in [2.45, 2.75) is 31.2 Å². The SMILES string of the molecule is Cc1ccc(S(=O)(=O)NCc2cccc(N3CCCC3=O)c2)cc1[N+](=O)[O-]. The lowest BCUT2D eigenvalue weighted by atomic mass is 10.2. The topological polar surface area (TPSA) is 110 Å². The van der Waals surface area contributed by atoms with Crippen LogP contribution in [0, 0.1) is 17.0 Å². The van der Waals surface area contributed by atoms with Gasteiger partial charge in [-0.3, -0.25) is 14.9 Å². The highest BCUT2D eigenvalue weighted by atomic mass is 32.2. The Kier molecular flexibility index (Phi) is 5.24. The summed E-state index contributed by atoms with van der Waals surface area (Å²) in [4.78, 5) is 23.8. The third-order valence-electron chi connectivity index (χ3n) is 4.45. The van der Waals surface area contributed by atoms with Gasteiger partial charge >= 0.3 is 0 Å². The molecule has 2 aromatic rings. The van der Waals surface area contributed by atoms with Crippen LogP contribution in [0.5, 0.6) is 0 Å². The number of rotatable bonds is 6. The summed E-state index contributed by atoms with van der Waals surface area (Å²) in [5, 5.41) is 11.0. The van der Waals surface area contributed by atoms with Gasteiger partial charge in [-0.05, 0) is 37.1 Å². The van der Waals surface area contributed by atoms with Crippen molar-refractivity contribution in [3.63, 3.8) is 0 Å². The number of hydrogen-bond donors (Lipinski definition) is 1. The van der Waals surface area contributed by atoms with Crippen molar-refractivity contribution in [3.8, 4) is 0 Å². The molecule has 9 heteroatoms. The van der Waals surface area contributed by atoms with Crippen molar-refractivity contribution < 1.29 is 18.1 Å². The van der Waals surface area contributed by atoms with E-state index in [-0.39, 0.29) is 23.0 Å². The van der Waals surface area contributed by atoms with E-state index in [1.54, 1.807) is 30.0 Å². The Morgan fingerprint density at radius 2 is 2.00 bits per heavy atom. The fourth-order valence-electron chi connectivity index (χ4n) is 2.97. The summed E-state index contributed by atoms with van der Waals surface area (Å²) in [7, 11) is -3.91. The number of amides is 1. The second kappa shape index (κ2) is 7.45. The van der Waals surface area contributed by atoms with Crippen molar-refractivity contribution in [2.75, 3.05) is 11.4 Å². The van der Waals surface area contributed by atoms with Gasteiger partial charge in [0.1, 0.15) is 0 Å². The van der Waals surface area contributed by atoms with E-state index in [1.165, 1.54) is 12.1 Å². The third kappa shape index (κ3) is 4.15. The molecule has 3 rings (SSSR count). The summed E-state index contributed by atoms with van der Waals surface area (Å²) in [5.74, 6) is 0.0553. The molecule has 1 aliphatic rings. The van der Waals surface area contributed by atoms with Gasteiger partial charge in [0.25, 0.3) is 5.69 Å². The largest absolute Gasteiger partial charge is 0.312 e. The van der Waals surface area contributed by atoms with Crippen molar-refractivity contribution in [1.82, 2.24) is 4.72 Å². The summed E-state index contributed by atoms with van der Waals surface area (Å²) < 4.78 is 27.4. The highest BCUT2D eigenvalue weighted by Crippen LogP contribution is 2.24. The number of nitro benzene ring substituents is 1. The molecule has 8 nitrogen and oxygen atoms in total. The number of nitro groups is 1. The zero-order chi connectivity index (χ0) is 19.6. The molecule has 1 N–H and O–H groups in total. The second-order valence-corrected chi connectivity index (χ2v) is 8.12. The number of carbonyl (C=O) groups is 1. The van der Waals surface area contributed by atoms with Gasteiger partial charge in [0.15, 0.2) is 0 Å². The number of anilines is 1. The first-order valence-electron chi connectivity index (χ1n) is 8.42. The number of aryl methyl sites for hydroxylation is 1. The second-order valence-electron chi connectivity index (χ2n) is 6.35. The van der Waals surface area contributed by atoms with Crippen molar-refractivity contribution in [1.29, 1.82) is 0 Å². The monoisotopic (exact) mass is 389 g/mol. The molecular weight excluding hydrogens is 370 g/mol. The molecule has 1 fully saturated rings. The Morgan fingerprint density at radius 3 is 2.67 bits per heavy atom. The lowest BCUT2D eigenvalue weighted by molar-refractivity contribution is -0.385. The molecular formula is C18H19N3O5S. The number of nitrogens with zero attached hydrogens (tertiary/aromatic N) is 2. The third-order valence-corrected chi connectivity index (χ3v) is 5.85. The molecule has 1 amide bonds. The predicted octanol–water partition coefficient (Wildman–Crippen LogP) is 2.51. The minimum Gasteiger partial charge on any atom is -0.312 e. The van der Waals surface area contributed by atoms with E-state index in [0.29, 0.717) is 24.1 Å². The Morgan fingerprint density at radius 1 is 1.22 bits per heavy atom. The van der Waals surface area contributed by atoms with Crippen LogP contribution in [0.1, 0.15) is 24.0 Å². The Hall–Kier alpha value is -2.78. The molecule has 0 bridgehead atoms. The first-order chi connectivity index (χ1) is 12.8. The number of sulfonamides is 1. The van der Waals surface area contributed by atoms with E-state index >= 15 is 0 Å². The number of carbonyl (C=O) groups excluding carboxylic acids is 1. The van der Waals surface area contributed by atoms with Gasteiger partial charge in [-0.15, -0.1) is 0 Å². The molecule has 0 aromatic heterocycles. The van der Waals surface area contributed by atoms with Crippen LogP contribution >= 0.6 is 0 Å². The maximum atomic E-state index is 12.5. The molecule has 0 aliphatic carbocycles. The first-order valence-corrected chi connectivity index (χ1v) is 9.90. The van der Waals surface area contributed by atoms with E-state index < -0.39 is 14.9 Å². The van der Waals surface area contributed by atoms with E-state index in [2.05, 4.69) is 4.72 Å². The van der Waals surface area contributed by atoms with Crippen molar-refractivity contribution >= 4 is 27.3 Å². The molecule has 1 saturated heterocycles. The molecule has 142 valence electrons. The van der Waals surface area contributed by atoms with Gasteiger partial charge in [-0.25, -0.2) is 13.1 Å². The lowest BCUT2D eigenvalue weighted by Crippen LogP contribution is -2.25. The summed E-state index contributed by atoms with van der Waals surface area (Å²) >= 11 is 0. The van der Waals surface area contributed by atoms with Gasteiger partial charge in [0.2, 0.25) is 15.9 Å². The van der Waals surface area contributed by atoms with Crippen molar-refractivity contribution in [3.05, 3.63) is 63.7 Å². The molecule has 1 aliphatic heterocycles. The van der Waals surface area contributed by atoms with Crippen LogP contribution in [-0.2, 0) is 21.4 Å². The summed E-state index contributed by atoms with van der Waals surface area (Å²) in [5.41, 5.74) is 1.58. The lowest BCUT2D eigenvalue weighted by Gasteiger charge is -2.16. The zero-order valence-corrected chi connectivity index (χ0v) is 15.5. The van der Waals surface area contributed by atoms with E-state index in [9.17, 15) is 23.3 Å². The number of hydrogen-bond acceptors (Lipinski definition) is 5. The van der Waals surface area contributed by atoms with Crippen LogP contribution in [0.4, 0.5) is 11.4 Å². The Labute approximate surface area is 157 Å². The minimum atomic E-state index is -3.91. The van der Waals surface area contributed by atoms with Crippen LogP contribution in [0.15, 0.2) is 47.4 Å². The minimum absolute atomic E-state index is 0.0138. The molecule has 2 aromatic carbocycles. The quantitative estimate of drug-likeness (QED) is 0.603. The zero-order valence-electron chi connectivity index (χ0n) is 14.7. The fraction of sp³-hybridized carbons (Fsp3) is 0.278. The van der Waals surface area contributed by atoms with E-state index in [0.717, 1.165) is 18.2 Å². The molecule has 0 unspecified atom stereocenters. The molecule has 0 saturated carbocycles. The molecule has 27 heavy (non-hydrogen) atoms. The Bertz CT molecular complexity index is 1000. The number of benzene rings is 2. The average molecular weight is 389 g/mol.